The first-order chi connectivity index (χ1) is 32.9. The summed E-state index contributed by atoms with van der Waals surface area (Å²) >= 11 is 0. The highest BCUT2D eigenvalue weighted by atomic mass is 16.7. The second-order valence-corrected chi connectivity index (χ2v) is 18.3. The first-order valence-corrected chi connectivity index (χ1v) is 27.2. The number of aliphatic hydroxyl groups is 4. The van der Waals surface area contributed by atoms with Gasteiger partial charge in [-0.1, -0.05) is 221 Å². The van der Waals surface area contributed by atoms with E-state index in [0.717, 1.165) is 77.0 Å². The molecule has 9 nitrogen and oxygen atoms in total. The topological polar surface area (TPSA) is 135 Å². The molecule has 0 saturated carbocycles. The molecule has 1 rings (SSSR count). The lowest BCUT2D eigenvalue weighted by Crippen LogP contribution is -2.59. The van der Waals surface area contributed by atoms with Crippen LogP contribution in [-0.2, 0) is 23.7 Å². The van der Waals surface area contributed by atoms with Crippen LogP contribution in [0, 0.1) is 0 Å². The highest BCUT2D eigenvalue weighted by Gasteiger charge is 2.44. The second kappa shape index (κ2) is 48.4. The van der Waals surface area contributed by atoms with Crippen LogP contribution in [0.4, 0.5) is 0 Å². The van der Waals surface area contributed by atoms with Gasteiger partial charge < -0.3 is 39.4 Å². The second-order valence-electron chi connectivity index (χ2n) is 18.3. The average Bonchev–Trinajstić information content (AvgIpc) is 3.33. The van der Waals surface area contributed by atoms with Crippen LogP contribution in [0.25, 0.3) is 0 Å². The van der Waals surface area contributed by atoms with E-state index in [1.165, 1.54) is 109 Å². The predicted molar refractivity (Wildman–Crippen MR) is 279 cm³/mol. The van der Waals surface area contributed by atoms with E-state index >= 15 is 0 Å². The number of unbranched alkanes of at least 4 members (excludes halogenated alkanes) is 21. The van der Waals surface area contributed by atoms with E-state index in [0.29, 0.717) is 13.0 Å². The van der Waals surface area contributed by atoms with Crippen LogP contribution in [0.3, 0.4) is 0 Å². The van der Waals surface area contributed by atoms with Crippen molar-refractivity contribution in [3.63, 3.8) is 0 Å². The Kier molecular flexibility index (Phi) is 45.1. The summed E-state index contributed by atoms with van der Waals surface area (Å²) < 4.78 is 22.9. The lowest BCUT2D eigenvalue weighted by Gasteiger charge is -2.39. The normalized spacial score (nSPS) is 19.9. The molecule has 0 amide bonds. The van der Waals surface area contributed by atoms with Crippen molar-refractivity contribution in [2.24, 2.45) is 0 Å². The molecule has 67 heavy (non-hydrogen) atoms. The zero-order chi connectivity index (χ0) is 48.5. The third-order valence-electron chi connectivity index (χ3n) is 12.1. The standard InChI is InChI=1S/C58H100O9/c1-3-5-7-9-11-13-15-17-19-21-23-24-25-26-27-28-29-31-33-35-37-39-41-43-45-47-54(60)66-52(51-65-58-57(63)56(62)55(61)53(49-59)67-58)50-64-48-46-44-42-40-38-36-34-32-30-22-20-18-16-14-12-10-8-6-4-2/h5,7,11,13,17,19,23-24,26-27,29,31,35,37,52-53,55-59,61-63H,3-4,6,8-10,12,14-16,18,20-22,25,28,30,32-34,36,38-51H2,1-2H3/b7-5-,13-11-,19-17-,24-23-,27-26-,31-29-,37-35-. The third-order valence-corrected chi connectivity index (χ3v) is 12.1. The molecular weight excluding hydrogens is 841 g/mol. The summed E-state index contributed by atoms with van der Waals surface area (Å²) in [7, 11) is 0. The number of aliphatic hydroxyl groups excluding tert-OH is 4. The fraction of sp³-hybridized carbons (Fsp3) is 0.741. The highest BCUT2D eigenvalue weighted by molar-refractivity contribution is 5.69. The Hall–Kier alpha value is -2.63. The largest absolute Gasteiger partial charge is 0.457 e. The van der Waals surface area contributed by atoms with Gasteiger partial charge in [-0.05, 0) is 70.6 Å². The molecule has 4 N–H and O–H groups in total. The Bertz CT molecular complexity index is 1300. The lowest BCUT2D eigenvalue weighted by molar-refractivity contribution is -0.305. The van der Waals surface area contributed by atoms with Crippen molar-refractivity contribution in [2.45, 2.75) is 250 Å². The maximum atomic E-state index is 12.9. The SMILES string of the molecule is CC/C=C\C/C=C\C/C=C\C/C=C\C/C=C\C/C=C\C/C=C\CCCCCC(=O)OC(COCCCCCCCCCCCCCCCCCCCCC)COC1OC(CO)C(O)C(O)C1O. The summed E-state index contributed by atoms with van der Waals surface area (Å²) in [5, 5.41) is 40.3. The number of hydrogen-bond acceptors (Lipinski definition) is 9. The average molecular weight is 941 g/mol. The summed E-state index contributed by atoms with van der Waals surface area (Å²) in [6.45, 7) is 4.42. The molecule has 6 unspecified atom stereocenters. The molecule has 1 heterocycles. The van der Waals surface area contributed by atoms with Crippen LogP contribution in [0.2, 0.25) is 0 Å². The third kappa shape index (κ3) is 38.9. The molecule has 0 aromatic rings. The Morgan fingerprint density at radius 1 is 0.493 bits per heavy atom. The van der Waals surface area contributed by atoms with Gasteiger partial charge in [-0.3, -0.25) is 4.79 Å². The van der Waals surface area contributed by atoms with Crippen molar-refractivity contribution in [1.29, 1.82) is 0 Å². The van der Waals surface area contributed by atoms with E-state index in [1.807, 2.05) is 0 Å². The Balaban J connectivity index is 2.23. The van der Waals surface area contributed by atoms with E-state index in [-0.39, 0.29) is 25.6 Å². The fourth-order valence-electron chi connectivity index (χ4n) is 7.88. The molecule has 9 heteroatoms. The molecule has 0 aromatic heterocycles. The number of ether oxygens (including phenoxy) is 4. The molecule has 6 atom stereocenters. The summed E-state index contributed by atoms with van der Waals surface area (Å²) in [6, 6.07) is 0. The first kappa shape index (κ1) is 62.4. The van der Waals surface area contributed by atoms with Crippen molar-refractivity contribution in [3.05, 3.63) is 85.1 Å². The first-order valence-electron chi connectivity index (χ1n) is 27.2. The summed E-state index contributed by atoms with van der Waals surface area (Å²) in [4.78, 5) is 12.9. The van der Waals surface area contributed by atoms with Gasteiger partial charge in [0.15, 0.2) is 6.29 Å². The fourth-order valence-corrected chi connectivity index (χ4v) is 7.88. The van der Waals surface area contributed by atoms with Crippen LogP contribution in [0.5, 0.6) is 0 Å². The smallest absolute Gasteiger partial charge is 0.306 e. The molecule has 0 aliphatic carbocycles. The quantitative estimate of drug-likeness (QED) is 0.0267. The zero-order valence-electron chi connectivity index (χ0n) is 42.6. The number of carbonyl (C=O) groups excluding carboxylic acids is 1. The molecule has 1 saturated heterocycles. The number of esters is 1. The minimum absolute atomic E-state index is 0.129. The molecule has 0 bridgehead atoms. The monoisotopic (exact) mass is 941 g/mol. The Labute approximate surface area is 410 Å². The van der Waals surface area contributed by atoms with Gasteiger partial charge in [-0.15, -0.1) is 0 Å². The van der Waals surface area contributed by atoms with E-state index in [1.54, 1.807) is 0 Å². The molecule has 0 radical (unpaired) electrons. The van der Waals surface area contributed by atoms with E-state index in [9.17, 15) is 25.2 Å². The number of carbonyl (C=O) groups is 1. The Morgan fingerprint density at radius 2 is 0.910 bits per heavy atom. The van der Waals surface area contributed by atoms with Crippen LogP contribution >= 0.6 is 0 Å². The minimum Gasteiger partial charge on any atom is -0.457 e. The molecule has 0 aromatic carbocycles. The van der Waals surface area contributed by atoms with Gasteiger partial charge in [0.05, 0.1) is 19.8 Å². The number of allylic oxidation sites excluding steroid dienone is 14. The van der Waals surface area contributed by atoms with Crippen LogP contribution in [0.1, 0.15) is 213 Å². The van der Waals surface area contributed by atoms with Crippen molar-refractivity contribution in [2.75, 3.05) is 26.4 Å². The van der Waals surface area contributed by atoms with Crippen molar-refractivity contribution >= 4 is 5.97 Å². The van der Waals surface area contributed by atoms with Gasteiger partial charge in [0.1, 0.15) is 30.5 Å². The number of hydrogen-bond donors (Lipinski definition) is 4. The lowest BCUT2D eigenvalue weighted by atomic mass is 9.99. The summed E-state index contributed by atoms with van der Waals surface area (Å²) in [5.41, 5.74) is 0. The van der Waals surface area contributed by atoms with Gasteiger partial charge in [-0.2, -0.15) is 0 Å². The molecule has 386 valence electrons. The van der Waals surface area contributed by atoms with Gasteiger partial charge in [-0.25, -0.2) is 0 Å². The number of rotatable bonds is 46. The molecular formula is C58H100O9. The van der Waals surface area contributed by atoms with Gasteiger partial charge >= 0.3 is 5.97 Å². The van der Waals surface area contributed by atoms with E-state index in [4.69, 9.17) is 18.9 Å². The van der Waals surface area contributed by atoms with Crippen LogP contribution in [-0.4, -0.2) is 89.6 Å². The predicted octanol–water partition coefficient (Wildman–Crippen LogP) is 13.8. The molecule has 0 spiro atoms. The van der Waals surface area contributed by atoms with Crippen LogP contribution < -0.4 is 0 Å². The Morgan fingerprint density at radius 3 is 1.36 bits per heavy atom. The van der Waals surface area contributed by atoms with Gasteiger partial charge in [0.25, 0.3) is 0 Å². The van der Waals surface area contributed by atoms with Gasteiger partial charge in [0, 0.05) is 13.0 Å². The van der Waals surface area contributed by atoms with Crippen LogP contribution in [0.15, 0.2) is 85.1 Å². The molecule has 1 fully saturated rings. The van der Waals surface area contributed by atoms with Crippen molar-refractivity contribution in [3.8, 4) is 0 Å². The molecule has 1 aliphatic heterocycles. The van der Waals surface area contributed by atoms with Crippen molar-refractivity contribution < 1.29 is 44.2 Å². The van der Waals surface area contributed by atoms with E-state index < -0.39 is 43.4 Å². The maximum Gasteiger partial charge on any atom is 0.306 e. The zero-order valence-corrected chi connectivity index (χ0v) is 42.6. The maximum absolute atomic E-state index is 12.9. The highest BCUT2D eigenvalue weighted by Crippen LogP contribution is 2.23. The minimum atomic E-state index is -1.55. The van der Waals surface area contributed by atoms with E-state index in [2.05, 4.69) is 98.9 Å². The summed E-state index contributed by atoms with van der Waals surface area (Å²) in [6.07, 6.45) is 59.0. The van der Waals surface area contributed by atoms with Crippen molar-refractivity contribution in [1.82, 2.24) is 0 Å². The molecule has 1 aliphatic rings. The van der Waals surface area contributed by atoms with Gasteiger partial charge in [0.2, 0.25) is 0 Å². The summed E-state index contributed by atoms with van der Waals surface area (Å²) in [5.74, 6) is -0.345.